The number of nitrogens with zero attached hydrogens (tertiary/aromatic N) is 5. The van der Waals surface area contributed by atoms with E-state index in [4.69, 9.17) is 0 Å². The Morgan fingerprint density at radius 3 is 2.76 bits per heavy atom. The van der Waals surface area contributed by atoms with Crippen molar-refractivity contribution in [2.75, 3.05) is 37.4 Å². The fourth-order valence-corrected chi connectivity index (χ4v) is 2.93. The number of nitrogens with one attached hydrogen (secondary N) is 1. The van der Waals surface area contributed by atoms with Crippen molar-refractivity contribution in [3.8, 4) is 0 Å². The van der Waals surface area contributed by atoms with E-state index >= 15 is 0 Å². The molecule has 1 aromatic carbocycles. The van der Waals surface area contributed by atoms with Crippen molar-refractivity contribution in [2.45, 2.75) is 19.0 Å². The van der Waals surface area contributed by atoms with Crippen molar-refractivity contribution in [3.63, 3.8) is 0 Å². The summed E-state index contributed by atoms with van der Waals surface area (Å²) in [4.78, 5) is 23.3. The van der Waals surface area contributed by atoms with Gasteiger partial charge < -0.3 is 10.2 Å². The van der Waals surface area contributed by atoms with Gasteiger partial charge in [0.05, 0.1) is 4.92 Å². The molecule has 2 aromatic rings. The number of non-ortho nitro benzene ring substituents is 1. The van der Waals surface area contributed by atoms with Gasteiger partial charge in [-0.3, -0.25) is 15.0 Å². The molecule has 0 aliphatic carbocycles. The number of hydrogen-bond donors (Lipinski definition) is 1. The molecule has 3 rings (SSSR count). The summed E-state index contributed by atoms with van der Waals surface area (Å²) >= 11 is 0. The van der Waals surface area contributed by atoms with Crippen LogP contribution in [0.3, 0.4) is 0 Å². The molecule has 8 heteroatoms. The summed E-state index contributed by atoms with van der Waals surface area (Å²) in [6, 6.07) is 8.99. The Morgan fingerprint density at radius 2 is 2.08 bits per heavy atom. The molecule has 0 bridgehead atoms. The lowest BCUT2D eigenvalue weighted by Gasteiger charge is -2.18. The minimum absolute atomic E-state index is 0.130. The van der Waals surface area contributed by atoms with Gasteiger partial charge in [-0.15, -0.1) is 0 Å². The summed E-state index contributed by atoms with van der Waals surface area (Å²) in [6.45, 7) is 2.70. The third-order valence-corrected chi connectivity index (χ3v) is 4.22. The number of benzene rings is 1. The minimum Gasteiger partial charge on any atom is -0.366 e. The predicted octanol–water partition coefficient (Wildman–Crippen LogP) is 2.14. The normalized spacial score (nSPS) is 17.4. The van der Waals surface area contributed by atoms with E-state index in [1.807, 2.05) is 37.2 Å². The number of likely N-dealkylation sites (tertiary alicyclic amines) is 1. The first-order valence-corrected chi connectivity index (χ1v) is 8.24. The summed E-state index contributed by atoms with van der Waals surface area (Å²) in [6.07, 6.45) is 2.79. The maximum absolute atomic E-state index is 10.7. The first kappa shape index (κ1) is 17.1. The van der Waals surface area contributed by atoms with Crippen LogP contribution in [0.4, 0.5) is 17.5 Å². The van der Waals surface area contributed by atoms with Crippen LogP contribution in [-0.4, -0.2) is 53.0 Å². The lowest BCUT2D eigenvalue weighted by atomic mass is 10.2. The van der Waals surface area contributed by atoms with Gasteiger partial charge in [-0.05, 0) is 18.1 Å². The minimum atomic E-state index is -0.372. The lowest BCUT2D eigenvalue weighted by molar-refractivity contribution is -0.384. The van der Waals surface area contributed by atoms with Gasteiger partial charge in [0, 0.05) is 58.1 Å². The van der Waals surface area contributed by atoms with Gasteiger partial charge in [-0.2, -0.15) is 4.98 Å². The van der Waals surface area contributed by atoms with Crippen LogP contribution < -0.4 is 10.2 Å². The molecule has 0 amide bonds. The molecule has 8 nitrogen and oxygen atoms in total. The van der Waals surface area contributed by atoms with E-state index in [1.54, 1.807) is 18.3 Å². The molecule has 1 atom stereocenters. The number of nitro benzene ring substituents is 1. The molecule has 2 heterocycles. The van der Waals surface area contributed by atoms with Gasteiger partial charge in [0.1, 0.15) is 5.82 Å². The van der Waals surface area contributed by atoms with Crippen LogP contribution >= 0.6 is 0 Å². The van der Waals surface area contributed by atoms with E-state index in [9.17, 15) is 10.1 Å². The van der Waals surface area contributed by atoms with Crippen LogP contribution in [-0.2, 0) is 6.54 Å². The Kier molecular flexibility index (Phi) is 5.08. The summed E-state index contributed by atoms with van der Waals surface area (Å²) in [7, 11) is 3.83. The monoisotopic (exact) mass is 342 g/mol. The number of rotatable bonds is 6. The standard InChI is InChI=1S/C17H22N6O2/c1-21(2)17-18-9-7-16(20-17)19-14-8-10-22(12-14)11-13-3-5-15(6-4-13)23(24)25/h3-7,9,14H,8,10-12H2,1-2H3,(H,18,19,20). The maximum Gasteiger partial charge on any atom is 0.269 e. The fourth-order valence-electron chi connectivity index (χ4n) is 2.93. The highest BCUT2D eigenvalue weighted by molar-refractivity contribution is 5.41. The topological polar surface area (TPSA) is 87.4 Å². The molecule has 1 aromatic heterocycles. The molecule has 132 valence electrons. The Balaban J connectivity index is 1.55. The van der Waals surface area contributed by atoms with Crippen LogP contribution in [0, 0.1) is 10.1 Å². The second kappa shape index (κ2) is 7.43. The van der Waals surface area contributed by atoms with Gasteiger partial charge in [-0.25, -0.2) is 4.98 Å². The highest BCUT2D eigenvalue weighted by atomic mass is 16.6. The fraction of sp³-hybridized carbons (Fsp3) is 0.412. The molecule has 1 unspecified atom stereocenters. The Hall–Kier alpha value is -2.74. The SMILES string of the molecule is CN(C)c1nccc(NC2CCN(Cc3ccc([N+](=O)[O-])cc3)C2)n1. The first-order valence-electron chi connectivity index (χ1n) is 8.24. The summed E-state index contributed by atoms with van der Waals surface area (Å²) in [5.74, 6) is 1.52. The molecule has 0 spiro atoms. The number of anilines is 2. The van der Waals surface area contributed by atoms with Gasteiger partial charge in [0.25, 0.3) is 5.69 Å². The average Bonchev–Trinajstić information content (AvgIpc) is 3.02. The lowest BCUT2D eigenvalue weighted by Crippen LogP contribution is -2.26. The smallest absolute Gasteiger partial charge is 0.269 e. The first-order chi connectivity index (χ1) is 12.0. The van der Waals surface area contributed by atoms with Gasteiger partial charge >= 0.3 is 0 Å². The summed E-state index contributed by atoms with van der Waals surface area (Å²) in [5, 5.41) is 14.2. The third-order valence-electron chi connectivity index (χ3n) is 4.22. The predicted molar refractivity (Wildman–Crippen MR) is 96.8 cm³/mol. The molecule has 0 radical (unpaired) electrons. The van der Waals surface area contributed by atoms with Gasteiger partial charge in [0.15, 0.2) is 0 Å². The average molecular weight is 342 g/mol. The third kappa shape index (κ3) is 4.42. The highest BCUT2D eigenvalue weighted by Crippen LogP contribution is 2.19. The van der Waals surface area contributed by atoms with Crippen molar-refractivity contribution < 1.29 is 4.92 Å². The van der Waals surface area contributed by atoms with E-state index in [2.05, 4.69) is 20.2 Å². The van der Waals surface area contributed by atoms with Crippen LogP contribution in [0.25, 0.3) is 0 Å². The summed E-state index contributed by atoms with van der Waals surface area (Å²) in [5.41, 5.74) is 1.22. The van der Waals surface area contributed by atoms with E-state index in [1.165, 1.54) is 0 Å². The zero-order valence-electron chi connectivity index (χ0n) is 14.4. The van der Waals surface area contributed by atoms with Crippen LogP contribution in [0.5, 0.6) is 0 Å². The van der Waals surface area contributed by atoms with Crippen LogP contribution in [0.2, 0.25) is 0 Å². The number of nitro groups is 1. The van der Waals surface area contributed by atoms with E-state index < -0.39 is 0 Å². The van der Waals surface area contributed by atoms with Crippen LogP contribution in [0.1, 0.15) is 12.0 Å². The maximum atomic E-state index is 10.7. The van der Waals surface area contributed by atoms with Crippen LogP contribution in [0.15, 0.2) is 36.5 Å². The Labute approximate surface area is 146 Å². The quantitative estimate of drug-likeness (QED) is 0.635. The van der Waals surface area contributed by atoms with Crippen molar-refractivity contribution in [1.29, 1.82) is 0 Å². The van der Waals surface area contributed by atoms with Crippen molar-refractivity contribution >= 4 is 17.5 Å². The van der Waals surface area contributed by atoms with E-state index in [0.717, 1.165) is 37.4 Å². The van der Waals surface area contributed by atoms with Crippen molar-refractivity contribution in [1.82, 2.24) is 14.9 Å². The number of hydrogen-bond acceptors (Lipinski definition) is 7. The highest BCUT2D eigenvalue weighted by Gasteiger charge is 2.23. The largest absolute Gasteiger partial charge is 0.366 e. The summed E-state index contributed by atoms with van der Waals surface area (Å²) < 4.78 is 0. The molecule has 1 aliphatic rings. The second-order valence-corrected chi connectivity index (χ2v) is 6.42. The molecule has 0 saturated carbocycles. The van der Waals surface area contributed by atoms with E-state index in [-0.39, 0.29) is 10.6 Å². The Bertz CT molecular complexity index is 734. The van der Waals surface area contributed by atoms with Crippen molar-refractivity contribution in [3.05, 3.63) is 52.2 Å². The number of aromatic nitrogens is 2. The zero-order valence-corrected chi connectivity index (χ0v) is 14.4. The molecule has 1 aliphatic heterocycles. The molecular weight excluding hydrogens is 320 g/mol. The van der Waals surface area contributed by atoms with E-state index in [0.29, 0.717) is 12.0 Å². The second-order valence-electron chi connectivity index (χ2n) is 6.42. The Morgan fingerprint density at radius 1 is 1.32 bits per heavy atom. The van der Waals surface area contributed by atoms with Crippen molar-refractivity contribution in [2.24, 2.45) is 0 Å². The van der Waals surface area contributed by atoms with Gasteiger partial charge in [-0.1, -0.05) is 12.1 Å². The molecule has 25 heavy (non-hydrogen) atoms. The molecule has 1 fully saturated rings. The zero-order chi connectivity index (χ0) is 17.8. The van der Waals surface area contributed by atoms with Gasteiger partial charge in [0.2, 0.25) is 5.95 Å². The molecule has 1 saturated heterocycles. The molecule has 1 N–H and O–H groups in total. The molecular formula is C17H22N6O2.